The van der Waals surface area contributed by atoms with E-state index in [4.69, 9.17) is 14.6 Å². The minimum atomic E-state index is -0.125. The smallest absolute Gasteiger partial charge is 0.155 e. The molecule has 0 spiro atoms. The first-order valence-corrected chi connectivity index (χ1v) is 13.8. The summed E-state index contributed by atoms with van der Waals surface area (Å²) in [5.74, 6) is 2.97. The SMILES string of the molecule is CC(=O)/C=C(/C)O.Cc1cc(C)c(Oc2c[c-]c(-c3cc(N(C)C)ccn3)c(Oc3c(C)cc(C)cc3C)c2)c(C)c1.[Pt]. The van der Waals surface area contributed by atoms with Crippen molar-refractivity contribution in [2.24, 2.45) is 0 Å². The molecule has 0 radical (unpaired) electrons. The second-order valence-corrected chi connectivity index (χ2v) is 10.9. The number of carbonyl (C=O) groups is 1. The van der Waals surface area contributed by atoms with Crippen LogP contribution in [0.3, 0.4) is 0 Å². The number of pyridine rings is 1. The predicted molar refractivity (Wildman–Crippen MR) is 171 cm³/mol. The molecule has 0 aliphatic carbocycles. The summed E-state index contributed by atoms with van der Waals surface area (Å²) in [5.41, 5.74) is 9.43. The van der Waals surface area contributed by atoms with Crippen LogP contribution in [0, 0.1) is 47.6 Å². The number of aromatic nitrogens is 1. The summed E-state index contributed by atoms with van der Waals surface area (Å²) < 4.78 is 12.9. The Bertz CT molecular complexity index is 1580. The van der Waals surface area contributed by atoms with E-state index in [1.165, 1.54) is 31.1 Å². The number of nitrogens with zero attached hydrogens (tertiary/aromatic N) is 2. The predicted octanol–water partition coefficient (Wildman–Crippen LogP) is 9.08. The standard InChI is InChI=1S/C31H33N2O2.C5H8O2.Pt/c1-19-13-21(3)30(22(4)14-19)34-26-9-10-27(28-17-25(33(7)8)11-12-32-28)29(18-26)35-31-23(5)15-20(2)16-24(31)6;1-4(6)3-5(2)7;/h9,11-18H,1-8H3;3,6H,1-2H3;/q-1;;/b;4-3-;. The van der Waals surface area contributed by atoms with Gasteiger partial charge < -0.3 is 24.5 Å². The molecule has 0 amide bonds. The molecule has 7 heteroatoms. The number of rotatable bonds is 7. The average molecular weight is 761 g/mol. The van der Waals surface area contributed by atoms with Gasteiger partial charge in [0, 0.05) is 64.6 Å². The van der Waals surface area contributed by atoms with E-state index < -0.39 is 0 Å². The van der Waals surface area contributed by atoms with Gasteiger partial charge in [-0.05, 0) is 89.4 Å². The Morgan fingerprint density at radius 3 is 1.79 bits per heavy atom. The number of hydrogen-bond acceptors (Lipinski definition) is 6. The summed E-state index contributed by atoms with van der Waals surface area (Å²) in [5, 5.41) is 8.36. The number of ketones is 1. The molecular weight excluding hydrogens is 719 g/mol. The number of aryl methyl sites for hydroxylation is 6. The van der Waals surface area contributed by atoms with E-state index in [0.717, 1.165) is 50.7 Å². The van der Waals surface area contributed by atoms with Crippen molar-refractivity contribution in [3.63, 3.8) is 0 Å². The normalized spacial score (nSPS) is 10.7. The minimum Gasteiger partial charge on any atom is -0.512 e. The molecular formula is C36H41N2O4Pt-. The average Bonchev–Trinajstić information content (AvgIpc) is 2.88. The van der Waals surface area contributed by atoms with E-state index in [9.17, 15) is 4.79 Å². The van der Waals surface area contributed by atoms with Gasteiger partial charge in [-0.3, -0.25) is 4.79 Å². The molecule has 1 heterocycles. The van der Waals surface area contributed by atoms with Gasteiger partial charge >= 0.3 is 0 Å². The van der Waals surface area contributed by atoms with Gasteiger partial charge in [0.1, 0.15) is 11.5 Å². The first-order chi connectivity index (χ1) is 19.7. The summed E-state index contributed by atoms with van der Waals surface area (Å²) >= 11 is 0. The third-order valence-electron chi connectivity index (χ3n) is 6.45. The molecule has 0 unspecified atom stereocenters. The molecule has 0 aliphatic heterocycles. The number of carbonyl (C=O) groups excluding carboxylic acids is 1. The zero-order chi connectivity index (χ0) is 31.1. The first-order valence-electron chi connectivity index (χ1n) is 13.8. The van der Waals surface area contributed by atoms with Crippen LogP contribution in [0.2, 0.25) is 0 Å². The van der Waals surface area contributed by atoms with Crippen LogP contribution in [0.5, 0.6) is 23.0 Å². The molecule has 4 aromatic rings. The van der Waals surface area contributed by atoms with E-state index in [2.05, 4.69) is 81.8 Å². The maximum atomic E-state index is 10.0. The van der Waals surface area contributed by atoms with Crippen molar-refractivity contribution in [3.8, 4) is 34.3 Å². The van der Waals surface area contributed by atoms with Crippen LogP contribution < -0.4 is 14.4 Å². The fourth-order valence-corrected chi connectivity index (χ4v) is 4.81. The van der Waals surface area contributed by atoms with Crippen LogP contribution in [-0.4, -0.2) is 30.0 Å². The number of aliphatic hydroxyl groups is 1. The molecule has 0 aliphatic rings. The second-order valence-electron chi connectivity index (χ2n) is 10.9. The van der Waals surface area contributed by atoms with Crippen molar-refractivity contribution in [2.45, 2.75) is 55.4 Å². The molecule has 0 saturated carbocycles. The summed E-state index contributed by atoms with van der Waals surface area (Å²) in [6.45, 7) is 15.3. The number of aliphatic hydroxyl groups excluding tert-OH is 1. The molecule has 3 aromatic carbocycles. The maximum absolute atomic E-state index is 10.0. The van der Waals surface area contributed by atoms with Gasteiger partial charge in [0.05, 0.1) is 5.76 Å². The van der Waals surface area contributed by atoms with Crippen molar-refractivity contribution in [3.05, 3.63) is 106 Å². The molecule has 43 heavy (non-hydrogen) atoms. The van der Waals surface area contributed by atoms with Crippen LogP contribution in [0.1, 0.15) is 47.2 Å². The molecule has 6 nitrogen and oxygen atoms in total. The minimum absolute atomic E-state index is 0. The van der Waals surface area contributed by atoms with Gasteiger partial charge in [0.2, 0.25) is 0 Å². The number of hydrogen-bond donors (Lipinski definition) is 1. The Hall–Kier alpha value is -3.89. The van der Waals surface area contributed by atoms with Crippen molar-refractivity contribution in [1.29, 1.82) is 0 Å². The number of benzene rings is 3. The molecule has 1 aromatic heterocycles. The fourth-order valence-electron chi connectivity index (χ4n) is 4.81. The van der Waals surface area contributed by atoms with Crippen LogP contribution in [0.25, 0.3) is 11.3 Å². The van der Waals surface area contributed by atoms with E-state index >= 15 is 0 Å². The van der Waals surface area contributed by atoms with E-state index in [0.29, 0.717) is 11.5 Å². The van der Waals surface area contributed by atoms with Crippen molar-refractivity contribution in [2.75, 3.05) is 19.0 Å². The molecule has 0 saturated heterocycles. The van der Waals surface area contributed by atoms with Gasteiger partial charge in [-0.25, -0.2) is 0 Å². The van der Waals surface area contributed by atoms with E-state index in [-0.39, 0.29) is 32.6 Å². The molecule has 0 fully saturated rings. The Morgan fingerprint density at radius 1 is 0.837 bits per heavy atom. The third-order valence-corrected chi connectivity index (χ3v) is 6.45. The van der Waals surface area contributed by atoms with Gasteiger partial charge in [0.25, 0.3) is 0 Å². The number of anilines is 1. The molecule has 4 rings (SSSR count). The third kappa shape index (κ3) is 9.83. The fraction of sp³-hybridized carbons (Fsp3) is 0.278. The van der Waals surface area contributed by atoms with Crippen LogP contribution >= 0.6 is 0 Å². The van der Waals surface area contributed by atoms with E-state index in [1.54, 1.807) is 0 Å². The van der Waals surface area contributed by atoms with Crippen LogP contribution in [0.4, 0.5) is 5.69 Å². The van der Waals surface area contributed by atoms with Crippen LogP contribution in [0.15, 0.2) is 66.6 Å². The summed E-state index contributed by atoms with van der Waals surface area (Å²) in [7, 11) is 4.03. The van der Waals surface area contributed by atoms with Gasteiger partial charge in [-0.15, -0.1) is 12.1 Å². The van der Waals surface area contributed by atoms with E-state index in [1.807, 2.05) is 44.6 Å². The zero-order valence-corrected chi connectivity index (χ0v) is 28.9. The van der Waals surface area contributed by atoms with Crippen LogP contribution in [-0.2, 0) is 25.9 Å². The van der Waals surface area contributed by atoms with Gasteiger partial charge in [-0.2, -0.15) is 0 Å². The monoisotopic (exact) mass is 760 g/mol. The Labute approximate surface area is 270 Å². The Kier molecular flexibility index (Phi) is 12.8. The largest absolute Gasteiger partial charge is 0.512 e. The van der Waals surface area contributed by atoms with Gasteiger partial charge in [-0.1, -0.05) is 53.1 Å². The second kappa shape index (κ2) is 15.5. The first kappa shape index (κ1) is 35.3. The van der Waals surface area contributed by atoms with Crippen molar-refractivity contribution < 1.29 is 40.4 Å². The van der Waals surface area contributed by atoms with Gasteiger partial charge in [0.15, 0.2) is 5.78 Å². The quantitative estimate of drug-likeness (QED) is 0.115. The molecule has 230 valence electrons. The Balaban J connectivity index is 0.000000721. The maximum Gasteiger partial charge on any atom is 0.155 e. The topological polar surface area (TPSA) is 71.9 Å². The van der Waals surface area contributed by atoms with Crippen molar-refractivity contribution >= 4 is 11.5 Å². The number of ether oxygens (including phenoxy) is 2. The molecule has 1 N–H and O–H groups in total. The summed E-state index contributed by atoms with van der Waals surface area (Å²) in [4.78, 5) is 16.7. The van der Waals surface area contributed by atoms with Crippen molar-refractivity contribution in [1.82, 2.24) is 4.98 Å². The number of allylic oxidation sites excluding steroid dienone is 2. The molecule has 0 atom stereocenters. The molecule has 0 bridgehead atoms. The summed E-state index contributed by atoms with van der Waals surface area (Å²) in [6, 6.07) is 19.8. The Morgan fingerprint density at radius 2 is 1.35 bits per heavy atom. The summed E-state index contributed by atoms with van der Waals surface area (Å²) in [6.07, 6.45) is 2.98. The zero-order valence-electron chi connectivity index (χ0n) is 26.7.